The number of rotatable bonds is 2. The number of carbonyl (C=O) groups excluding carboxylic acids is 1. The summed E-state index contributed by atoms with van der Waals surface area (Å²) in [6.45, 7) is 4.58. The van der Waals surface area contributed by atoms with Crippen molar-refractivity contribution >= 4 is 51.3 Å². The van der Waals surface area contributed by atoms with Gasteiger partial charge in [0.2, 0.25) is 5.91 Å². The van der Waals surface area contributed by atoms with E-state index in [1.54, 1.807) is 11.3 Å². The lowest BCUT2D eigenvalue weighted by molar-refractivity contribution is -0.131. The van der Waals surface area contributed by atoms with Gasteiger partial charge in [-0.1, -0.05) is 11.6 Å². The van der Waals surface area contributed by atoms with Crippen LogP contribution in [0.25, 0.3) is 10.1 Å². The number of hydrogen-bond donors (Lipinski definition) is 1. The molecule has 114 valence electrons. The Bertz CT molecular complexity index is 644. The number of fused-ring (bicyclic) bond motifs is 1. The molecule has 1 aromatic heterocycles. The van der Waals surface area contributed by atoms with Crippen molar-refractivity contribution in [2.45, 2.75) is 19.4 Å². The summed E-state index contributed by atoms with van der Waals surface area (Å²) >= 11 is 7.72. The van der Waals surface area contributed by atoms with Gasteiger partial charge in [-0.2, -0.15) is 0 Å². The zero-order chi connectivity index (χ0) is 14.1. The van der Waals surface area contributed by atoms with Crippen molar-refractivity contribution in [2.75, 3.05) is 19.6 Å². The number of hydrogen-bond acceptors (Lipinski definition) is 3. The van der Waals surface area contributed by atoms with Crippen LogP contribution in [-0.4, -0.2) is 36.5 Å². The summed E-state index contributed by atoms with van der Waals surface area (Å²) in [5.74, 6) is 0.207. The predicted octanol–water partition coefficient (Wildman–Crippen LogP) is 3.34. The molecule has 0 saturated carbocycles. The highest BCUT2D eigenvalue weighted by Gasteiger charge is 2.21. The Kier molecular flexibility index (Phi) is 5.49. The number of nitrogens with one attached hydrogen (secondary N) is 1. The highest BCUT2D eigenvalue weighted by molar-refractivity contribution is 7.17. The standard InChI is InChI=1S/C15H17ClN2OS.ClH/c1-10-8-18(5-4-17-10)15(19)6-11-9-20-14-3-2-12(16)7-13(11)14;/h2-3,7,9-10,17H,4-6,8H2,1H3;1H/t10-;/m1./s1. The van der Waals surface area contributed by atoms with Crippen LogP contribution < -0.4 is 5.32 Å². The van der Waals surface area contributed by atoms with E-state index < -0.39 is 0 Å². The van der Waals surface area contributed by atoms with Gasteiger partial charge >= 0.3 is 0 Å². The van der Waals surface area contributed by atoms with Crippen molar-refractivity contribution < 1.29 is 4.79 Å². The minimum absolute atomic E-state index is 0. The van der Waals surface area contributed by atoms with Gasteiger partial charge in [-0.05, 0) is 41.5 Å². The molecule has 0 spiro atoms. The predicted molar refractivity (Wildman–Crippen MR) is 91.8 cm³/mol. The monoisotopic (exact) mass is 344 g/mol. The summed E-state index contributed by atoms with van der Waals surface area (Å²) in [6.07, 6.45) is 0.465. The minimum Gasteiger partial charge on any atom is -0.340 e. The third-order valence-electron chi connectivity index (χ3n) is 3.68. The number of carbonyl (C=O) groups is 1. The van der Waals surface area contributed by atoms with Gasteiger partial charge in [0.05, 0.1) is 6.42 Å². The van der Waals surface area contributed by atoms with E-state index >= 15 is 0 Å². The molecule has 6 heteroatoms. The zero-order valence-corrected chi connectivity index (χ0v) is 14.2. The van der Waals surface area contributed by atoms with Crippen LogP contribution in [0.15, 0.2) is 23.6 Å². The molecule has 1 aliphatic heterocycles. The number of halogens is 2. The maximum atomic E-state index is 12.4. The first-order valence-corrected chi connectivity index (χ1v) is 8.06. The molecule has 0 unspecified atom stereocenters. The first kappa shape index (κ1) is 16.6. The summed E-state index contributed by atoms with van der Waals surface area (Å²) in [5, 5.41) is 7.26. The smallest absolute Gasteiger partial charge is 0.227 e. The SMILES string of the molecule is C[C@@H]1CN(C(=O)Cc2csc3ccc(Cl)cc23)CCN1.Cl. The summed E-state index contributed by atoms with van der Waals surface area (Å²) in [7, 11) is 0. The Balaban J connectivity index is 0.00000161. The molecule has 1 aliphatic rings. The van der Waals surface area contributed by atoms with Gasteiger partial charge < -0.3 is 10.2 Å². The van der Waals surface area contributed by atoms with Crippen LogP contribution in [0, 0.1) is 0 Å². The number of nitrogens with zero attached hydrogens (tertiary/aromatic N) is 1. The molecule has 0 aliphatic carbocycles. The minimum atomic E-state index is 0. The fourth-order valence-corrected chi connectivity index (χ4v) is 3.74. The number of amides is 1. The molecule has 0 bridgehead atoms. The van der Waals surface area contributed by atoms with Crippen LogP contribution in [0.4, 0.5) is 0 Å². The molecule has 1 N–H and O–H groups in total. The summed E-state index contributed by atoms with van der Waals surface area (Å²) in [4.78, 5) is 14.4. The van der Waals surface area contributed by atoms with Crippen molar-refractivity contribution in [3.63, 3.8) is 0 Å². The zero-order valence-electron chi connectivity index (χ0n) is 11.8. The van der Waals surface area contributed by atoms with Gasteiger partial charge in [-0.3, -0.25) is 4.79 Å². The van der Waals surface area contributed by atoms with Crippen molar-refractivity contribution in [2.24, 2.45) is 0 Å². The van der Waals surface area contributed by atoms with E-state index in [2.05, 4.69) is 17.6 Å². The molecule has 1 saturated heterocycles. The summed E-state index contributed by atoms with van der Waals surface area (Å²) in [6, 6.07) is 6.24. The molecule has 3 nitrogen and oxygen atoms in total. The molecular formula is C15H18Cl2N2OS. The van der Waals surface area contributed by atoms with Crippen LogP contribution in [0.1, 0.15) is 12.5 Å². The second kappa shape index (κ2) is 6.97. The first-order valence-electron chi connectivity index (χ1n) is 6.80. The molecule has 1 atom stereocenters. The Hall–Kier alpha value is -0.810. The lowest BCUT2D eigenvalue weighted by Gasteiger charge is -2.32. The van der Waals surface area contributed by atoms with E-state index in [1.807, 2.05) is 23.1 Å². The molecule has 1 amide bonds. The Labute approximate surface area is 139 Å². The quantitative estimate of drug-likeness (QED) is 0.905. The molecule has 0 radical (unpaired) electrons. The van der Waals surface area contributed by atoms with Gasteiger partial charge in [0.1, 0.15) is 0 Å². The Morgan fingerprint density at radius 2 is 2.33 bits per heavy atom. The highest BCUT2D eigenvalue weighted by atomic mass is 35.5. The molecule has 3 rings (SSSR count). The Morgan fingerprint density at radius 1 is 1.52 bits per heavy atom. The summed E-state index contributed by atoms with van der Waals surface area (Å²) in [5.41, 5.74) is 1.09. The van der Waals surface area contributed by atoms with Crippen molar-refractivity contribution in [1.82, 2.24) is 10.2 Å². The normalized spacial score (nSPS) is 18.6. The lowest BCUT2D eigenvalue weighted by Crippen LogP contribution is -2.51. The molecular weight excluding hydrogens is 327 g/mol. The van der Waals surface area contributed by atoms with E-state index in [-0.39, 0.29) is 18.3 Å². The second-order valence-corrected chi connectivity index (χ2v) is 6.62. The molecule has 2 aromatic rings. The fourth-order valence-electron chi connectivity index (χ4n) is 2.62. The maximum Gasteiger partial charge on any atom is 0.227 e. The third-order valence-corrected chi connectivity index (χ3v) is 4.93. The molecule has 2 heterocycles. The van der Waals surface area contributed by atoms with Crippen LogP contribution in [-0.2, 0) is 11.2 Å². The van der Waals surface area contributed by atoms with Gasteiger partial charge in [-0.15, -0.1) is 23.7 Å². The van der Waals surface area contributed by atoms with Gasteiger partial charge in [0.25, 0.3) is 0 Å². The van der Waals surface area contributed by atoms with Crippen LogP contribution >= 0.6 is 35.3 Å². The number of thiophene rings is 1. The summed E-state index contributed by atoms with van der Waals surface area (Å²) < 4.78 is 1.19. The van der Waals surface area contributed by atoms with E-state index in [4.69, 9.17) is 11.6 Å². The largest absolute Gasteiger partial charge is 0.340 e. The van der Waals surface area contributed by atoms with E-state index in [9.17, 15) is 4.79 Å². The fraction of sp³-hybridized carbons (Fsp3) is 0.400. The average molecular weight is 345 g/mol. The average Bonchev–Trinajstić information content (AvgIpc) is 2.81. The maximum absolute atomic E-state index is 12.4. The number of benzene rings is 1. The van der Waals surface area contributed by atoms with Crippen LogP contribution in [0.5, 0.6) is 0 Å². The van der Waals surface area contributed by atoms with Crippen LogP contribution in [0.3, 0.4) is 0 Å². The molecule has 21 heavy (non-hydrogen) atoms. The van der Waals surface area contributed by atoms with Gasteiger partial charge in [0.15, 0.2) is 0 Å². The van der Waals surface area contributed by atoms with E-state index in [0.29, 0.717) is 12.5 Å². The number of piperazine rings is 1. The Morgan fingerprint density at radius 3 is 3.10 bits per heavy atom. The van der Waals surface area contributed by atoms with Crippen molar-refractivity contribution in [1.29, 1.82) is 0 Å². The highest BCUT2D eigenvalue weighted by Crippen LogP contribution is 2.29. The topological polar surface area (TPSA) is 32.3 Å². The second-order valence-electron chi connectivity index (χ2n) is 5.27. The van der Waals surface area contributed by atoms with Gasteiger partial charge in [0, 0.05) is 35.4 Å². The third kappa shape index (κ3) is 3.69. The van der Waals surface area contributed by atoms with Crippen LogP contribution in [0.2, 0.25) is 5.02 Å². The molecule has 1 fully saturated rings. The van der Waals surface area contributed by atoms with Gasteiger partial charge in [-0.25, -0.2) is 0 Å². The van der Waals surface area contributed by atoms with E-state index in [0.717, 1.165) is 35.6 Å². The van der Waals surface area contributed by atoms with E-state index in [1.165, 1.54) is 4.70 Å². The van der Waals surface area contributed by atoms with Crippen molar-refractivity contribution in [3.8, 4) is 0 Å². The molecule has 1 aromatic carbocycles. The first-order chi connectivity index (χ1) is 9.63. The van der Waals surface area contributed by atoms with Crippen molar-refractivity contribution in [3.05, 3.63) is 34.2 Å². The lowest BCUT2D eigenvalue weighted by atomic mass is 10.1.